The van der Waals surface area contributed by atoms with Crippen molar-refractivity contribution >= 4 is 21.4 Å². The number of rotatable bonds is 5. The molecule has 0 radical (unpaired) electrons. The van der Waals surface area contributed by atoms with Crippen molar-refractivity contribution in [1.82, 2.24) is 9.55 Å². The third kappa shape index (κ3) is 3.53. The maximum Gasteiger partial charge on any atom is 0.189 e. The number of hydrogen-bond donors (Lipinski definition) is 0. The molecule has 0 spiro atoms. The Morgan fingerprint density at radius 2 is 1.91 bits per heavy atom. The number of nitrogens with zero attached hydrogens (tertiary/aromatic N) is 2. The van der Waals surface area contributed by atoms with Crippen LogP contribution in [0.3, 0.4) is 0 Å². The predicted molar refractivity (Wildman–Crippen MR) is 117 cm³/mol. The number of aryl methyl sites for hydroxylation is 1. The van der Waals surface area contributed by atoms with Crippen LogP contribution in [0.5, 0.6) is 5.75 Å². The molecule has 5 rings (SSSR count). The number of imidazole rings is 1. The van der Waals surface area contributed by atoms with E-state index in [-0.39, 0.29) is 35.8 Å². The molecule has 0 bridgehead atoms. The Labute approximate surface area is 195 Å². The maximum absolute atomic E-state index is 15.3. The Kier molecular flexibility index (Phi) is 5.66. The van der Waals surface area contributed by atoms with E-state index in [0.29, 0.717) is 18.0 Å². The molecule has 0 unspecified atom stereocenters. The van der Waals surface area contributed by atoms with Crippen LogP contribution in [0.4, 0.5) is 8.78 Å². The second-order valence-corrected chi connectivity index (χ2v) is 10.9. The van der Waals surface area contributed by atoms with Gasteiger partial charge in [-0.2, -0.15) is 0 Å². The van der Waals surface area contributed by atoms with Crippen LogP contribution in [0.25, 0.3) is 0 Å². The van der Waals surface area contributed by atoms with Gasteiger partial charge in [-0.25, -0.2) is 22.2 Å². The average Bonchev–Trinajstić information content (AvgIpc) is 3.33. The highest BCUT2D eigenvalue weighted by atomic mass is 35.5. The average molecular weight is 495 g/mol. The van der Waals surface area contributed by atoms with Gasteiger partial charge in [-0.05, 0) is 49.2 Å². The molecule has 0 amide bonds. The molecule has 2 aromatic carbocycles. The van der Waals surface area contributed by atoms with Gasteiger partial charge >= 0.3 is 0 Å². The van der Waals surface area contributed by atoms with Crippen molar-refractivity contribution in [3.05, 3.63) is 77.3 Å². The van der Waals surface area contributed by atoms with E-state index in [0.717, 1.165) is 12.1 Å². The Balaban J connectivity index is 1.67. The van der Waals surface area contributed by atoms with Crippen molar-refractivity contribution in [3.8, 4) is 5.75 Å². The highest BCUT2D eigenvalue weighted by Gasteiger charge is 2.61. The zero-order valence-electron chi connectivity index (χ0n) is 17.5. The van der Waals surface area contributed by atoms with E-state index in [1.54, 1.807) is 18.7 Å². The summed E-state index contributed by atoms with van der Waals surface area (Å²) in [6, 6.07) is 7.63. The number of benzene rings is 2. The van der Waals surface area contributed by atoms with Gasteiger partial charge in [0.05, 0.1) is 29.5 Å². The molecule has 2 aliphatic heterocycles. The topological polar surface area (TPSA) is 70.4 Å². The molecule has 0 N–H and O–H groups in total. The number of ether oxygens (including phenoxy) is 2. The van der Waals surface area contributed by atoms with Gasteiger partial charge in [-0.15, -0.1) is 0 Å². The molecule has 0 saturated carbocycles. The summed E-state index contributed by atoms with van der Waals surface area (Å²) in [6.45, 7) is 0.485. The summed E-state index contributed by atoms with van der Waals surface area (Å²) >= 11 is 5.97. The summed E-state index contributed by atoms with van der Waals surface area (Å²) in [5.74, 6) is -2.71. The molecule has 3 aromatic rings. The molecule has 10 heteroatoms. The number of fused-ring (bicyclic) bond motifs is 3. The van der Waals surface area contributed by atoms with Crippen LogP contribution in [0.15, 0.2) is 60.0 Å². The Morgan fingerprint density at radius 1 is 1.15 bits per heavy atom. The van der Waals surface area contributed by atoms with E-state index in [1.165, 1.54) is 24.3 Å². The minimum absolute atomic E-state index is 0.0105. The van der Waals surface area contributed by atoms with E-state index in [1.807, 2.05) is 4.57 Å². The van der Waals surface area contributed by atoms with E-state index in [4.69, 9.17) is 21.1 Å². The van der Waals surface area contributed by atoms with Gasteiger partial charge in [0.1, 0.15) is 10.6 Å². The lowest BCUT2D eigenvalue weighted by molar-refractivity contribution is -0.0773. The second kappa shape index (κ2) is 8.38. The monoisotopic (exact) mass is 494 g/mol. The first kappa shape index (κ1) is 22.3. The summed E-state index contributed by atoms with van der Waals surface area (Å²) < 4.78 is 70.2. The van der Waals surface area contributed by atoms with Crippen LogP contribution < -0.4 is 4.74 Å². The van der Waals surface area contributed by atoms with Crippen molar-refractivity contribution < 1.29 is 26.7 Å². The molecule has 1 saturated heterocycles. The Hall–Kier alpha value is -2.49. The lowest BCUT2D eigenvalue weighted by Crippen LogP contribution is -2.57. The van der Waals surface area contributed by atoms with Crippen LogP contribution in [0, 0.1) is 17.6 Å². The Morgan fingerprint density at radius 3 is 2.64 bits per heavy atom. The third-order valence-corrected chi connectivity index (χ3v) is 9.39. The van der Waals surface area contributed by atoms with E-state index in [9.17, 15) is 12.8 Å². The van der Waals surface area contributed by atoms with Crippen molar-refractivity contribution in [2.24, 2.45) is 5.92 Å². The predicted octanol–water partition coefficient (Wildman–Crippen LogP) is 4.37. The first-order valence-corrected chi connectivity index (χ1v) is 12.4. The summed E-state index contributed by atoms with van der Waals surface area (Å²) in [5.41, 5.74) is -0.260. The van der Waals surface area contributed by atoms with Gasteiger partial charge < -0.3 is 14.0 Å². The van der Waals surface area contributed by atoms with Crippen molar-refractivity contribution in [1.29, 1.82) is 0 Å². The van der Waals surface area contributed by atoms with E-state index >= 15 is 4.39 Å². The van der Waals surface area contributed by atoms with Crippen molar-refractivity contribution in [2.45, 2.75) is 35.1 Å². The van der Waals surface area contributed by atoms with Gasteiger partial charge in [0, 0.05) is 36.5 Å². The number of sulfone groups is 1. The zero-order chi connectivity index (χ0) is 23.2. The van der Waals surface area contributed by atoms with Crippen LogP contribution in [-0.4, -0.2) is 37.3 Å². The van der Waals surface area contributed by atoms with Crippen LogP contribution in [-0.2, 0) is 25.9 Å². The van der Waals surface area contributed by atoms with Crippen molar-refractivity contribution in [3.63, 3.8) is 0 Å². The first-order chi connectivity index (χ1) is 15.8. The van der Waals surface area contributed by atoms with Crippen LogP contribution in [0.2, 0.25) is 5.02 Å². The molecular formula is C23H21ClF2N2O4S. The summed E-state index contributed by atoms with van der Waals surface area (Å²) in [4.78, 5) is 4.01. The SMILES string of the molecule is O=S(=O)(c1ccc(Cl)cc1)[C@@]12CCO[C@@H](CCn3ccnc3)[C@@H]1COc1c(F)ccc(F)c12. The quantitative estimate of drug-likeness (QED) is 0.526. The van der Waals surface area contributed by atoms with E-state index < -0.39 is 38.2 Å². The lowest BCUT2D eigenvalue weighted by Gasteiger charge is -2.50. The molecular weight excluding hydrogens is 474 g/mol. The lowest BCUT2D eigenvalue weighted by atomic mass is 9.75. The zero-order valence-corrected chi connectivity index (χ0v) is 19.0. The molecule has 1 aromatic heterocycles. The highest BCUT2D eigenvalue weighted by molar-refractivity contribution is 7.92. The molecule has 3 heterocycles. The largest absolute Gasteiger partial charge is 0.490 e. The van der Waals surface area contributed by atoms with Gasteiger partial charge in [-0.3, -0.25) is 0 Å². The molecule has 33 heavy (non-hydrogen) atoms. The smallest absolute Gasteiger partial charge is 0.189 e. The highest BCUT2D eigenvalue weighted by Crippen LogP contribution is 2.55. The fourth-order valence-corrected chi connectivity index (χ4v) is 7.50. The molecule has 6 nitrogen and oxygen atoms in total. The summed E-state index contributed by atoms with van der Waals surface area (Å²) in [5, 5.41) is 0.373. The van der Waals surface area contributed by atoms with Gasteiger partial charge in [-0.1, -0.05) is 11.6 Å². The summed E-state index contributed by atoms with van der Waals surface area (Å²) in [7, 11) is -4.20. The number of aromatic nitrogens is 2. The molecule has 0 aliphatic carbocycles. The first-order valence-electron chi connectivity index (χ1n) is 10.5. The van der Waals surface area contributed by atoms with Gasteiger partial charge in [0.2, 0.25) is 0 Å². The van der Waals surface area contributed by atoms with Gasteiger partial charge in [0.15, 0.2) is 21.4 Å². The number of halogens is 3. The third-order valence-electron chi connectivity index (χ3n) is 6.58. The standard InChI is InChI=1S/C23H21ClF2N2O4S/c24-15-1-3-16(4-2-15)33(29,30)23-8-12-31-20(7-10-28-11-9-27-14-28)17(23)13-32-22-19(26)6-5-18(25)21(22)23/h1-6,9,11,14,17,20H,7-8,10,12-13H2/t17-,20-,23-/m0/s1. The minimum atomic E-state index is -4.20. The van der Waals surface area contributed by atoms with Crippen LogP contribution >= 0.6 is 11.6 Å². The normalized spacial score (nSPS) is 24.6. The molecule has 1 fully saturated rings. The Bertz CT molecular complexity index is 1270. The fourth-order valence-electron chi connectivity index (χ4n) is 5.03. The maximum atomic E-state index is 15.3. The van der Waals surface area contributed by atoms with Gasteiger partial charge in [0.25, 0.3) is 0 Å². The minimum Gasteiger partial charge on any atom is -0.490 e. The second-order valence-electron chi connectivity index (χ2n) is 8.25. The number of hydrogen-bond acceptors (Lipinski definition) is 5. The summed E-state index contributed by atoms with van der Waals surface area (Å²) in [6.07, 6.45) is 4.97. The van der Waals surface area contributed by atoms with Crippen molar-refractivity contribution in [2.75, 3.05) is 13.2 Å². The van der Waals surface area contributed by atoms with Crippen LogP contribution in [0.1, 0.15) is 18.4 Å². The molecule has 174 valence electrons. The molecule has 3 atom stereocenters. The fraction of sp³-hybridized carbons (Fsp3) is 0.348. The molecule has 2 aliphatic rings. The van der Waals surface area contributed by atoms with E-state index in [2.05, 4.69) is 4.98 Å².